The minimum absolute atomic E-state index is 0.925. The Morgan fingerprint density at radius 2 is 1.57 bits per heavy atom. The van der Waals surface area contributed by atoms with Gasteiger partial charge in [-0.15, -0.1) is 0 Å². The average molecular weight is 447 g/mol. The van der Waals surface area contributed by atoms with Crippen LogP contribution in [0.5, 0.6) is 0 Å². The molecule has 2 aliphatic rings. The quantitative estimate of drug-likeness (QED) is 0.243. The Labute approximate surface area is 200 Å². The van der Waals surface area contributed by atoms with Crippen LogP contribution in [0.25, 0.3) is 60.7 Å². The van der Waals surface area contributed by atoms with E-state index in [0.717, 1.165) is 40.6 Å². The largest absolute Gasteiger partial charge is 0.274 e. The van der Waals surface area contributed by atoms with Gasteiger partial charge in [-0.2, -0.15) is 0 Å². The predicted molar refractivity (Wildman–Crippen MR) is 140 cm³/mol. The summed E-state index contributed by atoms with van der Waals surface area (Å²) in [6.45, 7) is 0. The van der Waals surface area contributed by atoms with Gasteiger partial charge in [0.05, 0.1) is 17.2 Å². The molecule has 0 atom stereocenters. The molecule has 4 aromatic heterocycles. The third-order valence-electron chi connectivity index (χ3n) is 7.96. The first-order valence-electron chi connectivity index (χ1n) is 12.0. The van der Waals surface area contributed by atoms with Crippen molar-refractivity contribution in [3.63, 3.8) is 0 Å². The highest BCUT2D eigenvalue weighted by atomic mass is 15.1. The summed E-state index contributed by atoms with van der Waals surface area (Å²) in [7, 11) is 0. The first kappa shape index (κ1) is 17.8. The highest BCUT2D eigenvalue weighted by Crippen LogP contribution is 2.47. The third-order valence-corrected chi connectivity index (χ3v) is 7.96. The van der Waals surface area contributed by atoms with Gasteiger partial charge >= 0.3 is 0 Å². The van der Waals surface area contributed by atoms with Crippen molar-refractivity contribution in [1.82, 2.24) is 19.4 Å². The maximum atomic E-state index is 5.11. The highest BCUT2D eigenvalue weighted by molar-refractivity contribution is 6.16. The fraction of sp³-hybridized carbons (Fsp3) is 0.0645. The van der Waals surface area contributed by atoms with Crippen LogP contribution >= 0.6 is 0 Å². The Hall–Kier alpha value is -4.57. The highest BCUT2D eigenvalue weighted by Gasteiger charge is 2.28. The molecule has 9 rings (SSSR count). The van der Waals surface area contributed by atoms with Gasteiger partial charge in [-0.25, -0.2) is 9.97 Å². The molecular formula is C31H18N4. The number of aromatic nitrogens is 4. The Bertz CT molecular complexity index is 2070. The zero-order valence-electron chi connectivity index (χ0n) is 18.8. The van der Waals surface area contributed by atoms with Crippen molar-refractivity contribution in [3.05, 3.63) is 108 Å². The number of pyridine rings is 3. The van der Waals surface area contributed by atoms with E-state index in [-0.39, 0.29) is 0 Å². The number of imidazole rings is 1. The Morgan fingerprint density at radius 3 is 2.57 bits per heavy atom. The van der Waals surface area contributed by atoms with Crippen molar-refractivity contribution in [1.29, 1.82) is 0 Å². The zero-order valence-corrected chi connectivity index (χ0v) is 18.8. The molecule has 4 heteroatoms. The van der Waals surface area contributed by atoms with Crippen LogP contribution in [-0.2, 0) is 12.8 Å². The molecular weight excluding hydrogens is 428 g/mol. The lowest BCUT2D eigenvalue weighted by Crippen LogP contribution is -1.96. The van der Waals surface area contributed by atoms with Crippen LogP contribution in [0.15, 0.2) is 85.3 Å². The van der Waals surface area contributed by atoms with E-state index in [1.54, 1.807) is 0 Å². The van der Waals surface area contributed by atoms with E-state index < -0.39 is 0 Å². The van der Waals surface area contributed by atoms with Crippen molar-refractivity contribution in [2.24, 2.45) is 0 Å². The van der Waals surface area contributed by atoms with Crippen LogP contribution in [0.2, 0.25) is 0 Å². The maximum Gasteiger partial charge on any atom is 0.147 e. The number of benzene rings is 3. The normalized spacial score (nSPS) is 13.5. The molecule has 0 unspecified atom stereocenters. The zero-order chi connectivity index (χ0) is 22.7. The van der Waals surface area contributed by atoms with E-state index in [1.165, 1.54) is 55.3 Å². The lowest BCUT2D eigenvalue weighted by Gasteiger charge is -2.12. The Kier molecular flexibility index (Phi) is 3.11. The minimum Gasteiger partial charge on any atom is -0.274 e. The van der Waals surface area contributed by atoms with Crippen molar-refractivity contribution in [2.45, 2.75) is 12.8 Å². The van der Waals surface area contributed by atoms with Crippen molar-refractivity contribution < 1.29 is 0 Å². The number of rotatable bonds is 0. The smallest absolute Gasteiger partial charge is 0.147 e. The maximum absolute atomic E-state index is 5.11. The van der Waals surface area contributed by atoms with Crippen LogP contribution in [0.1, 0.15) is 22.3 Å². The van der Waals surface area contributed by atoms with Gasteiger partial charge in [0.15, 0.2) is 0 Å². The summed E-state index contributed by atoms with van der Waals surface area (Å²) >= 11 is 0. The number of hydrogen-bond donors (Lipinski definition) is 0. The molecule has 0 aliphatic heterocycles. The summed E-state index contributed by atoms with van der Waals surface area (Å²) in [6.07, 6.45) is 7.52. The number of hydrogen-bond acceptors (Lipinski definition) is 3. The molecule has 0 spiro atoms. The average Bonchev–Trinajstić information content (AvgIpc) is 3.58. The van der Waals surface area contributed by atoms with Gasteiger partial charge in [-0.3, -0.25) is 9.38 Å². The monoisotopic (exact) mass is 446 g/mol. The van der Waals surface area contributed by atoms with Gasteiger partial charge in [-0.05, 0) is 87.0 Å². The standard InChI is InChI=1S/C31H18N4/c1-2-5-20-17(4-1)12-18-13-19-14-26-21(25(19)15-24(18)20)7-8-22-23-6-3-10-33-30(23)35-28-16-32-11-9-27(28)34-31(35)29(22)26/h1-11,13,15-16H,12,14H2. The second kappa shape index (κ2) is 6.10. The lowest BCUT2D eigenvalue weighted by molar-refractivity contribution is 1.21. The summed E-state index contributed by atoms with van der Waals surface area (Å²) in [5.41, 5.74) is 15.0. The number of fused-ring (bicyclic) bond motifs is 15. The fourth-order valence-corrected chi connectivity index (χ4v) is 6.48. The molecule has 4 nitrogen and oxygen atoms in total. The molecule has 0 N–H and O–H groups in total. The van der Waals surface area contributed by atoms with Crippen molar-refractivity contribution >= 4 is 38.5 Å². The molecule has 4 heterocycles. The molecule has 35 heavy (non-hydrogen) atoms. The van der Waals surface area contributed by atoms with E-state index in [2.05, 4.69) is 64.0 Å². The van der Waals surface area contributed by atoms with Gasteiger partial charge < -0.3 is 0 Å². The molecule has 0 fully saturated rings. The van der Waals surface area contributed by atoms with Gasteiger partial charge in [0.25, 0.3) is 0 Å². The number of nitrogens with zero attached hydrogens (tertiary/aromatic N) is 4. The van der Waals surface area contributed by atoms with Gasteiger partial charge in [0.2, 0.25) is 0 Å². The summed E-state index contributed by atoms with van der Waals surface area (Å²) in [5.74, 6) is 0. The molecule has 0 saturated heterocycles. The topological polar surface area (TPSA) is 43.1 Å². The van der Waals surface area contributed by atoms with E-state index in [4.69, 9.17) is 9.97 Å². The predicted octanol–water partition coefficient (Wildman–Crippen LogP) is 6.73. The van der Waals surface area contributed by atoms with Crippen LogP contribution < -0.4 is 0 Å². The van der Waals surface area contributed by atoms with E-state index in [0.29, 0.717) is 0 Å². The van der Waals surface area contributed by atoms with Gasteiger partial charge in [0.1, 0.15) is 11.3 Å². The summed E-state index contributed by atoms with van der Waals surface area (Å²) < 4.78 is 2.19. The first-order valence-corrected chi connectivity index (χ1v) is 12.0. The van der Waals surface area contributed by atoms with Crippen molar-refractivity contribution in [2.75, 3.05) is 0 Å². The molecule has 0 saturated carbocycles. The van der Waals surface area contributed by atoms with E-state index in [9.17, 15) is 0 Å². The lowest BCUT2D eigenvalue weighted by atomic mass is 9.96. The van der Waals surface area contributed by atoms with Crippen LogP contribution in [-0.4, -0.2) is 19.4 Å². The Morgan fingerprint density at radius 1 is 0.657 bits per heavy atom. The van der Waals surface area contributed by atoms with Gasteiger partial charge in [-0.1, -0.05) is 42.5 Å². The second-order valence-corrected chi connectivity index (χ2v) is 9.70. The van der Waals surface area contributed by atoms with Crippen LogP contribution in [0.4, 0.5) is 0 Å². The summed E-state index contributed by atoms with van der Waals surface area (Å²) in [6, 6.07) is 24.5. The fourth-order valence-electron chi connectivity index (χ4n) is 6.48. The van der Waals surface area contributed by atoms with Crippen molar-refractivity contribution in [3.8, 4) is 22.3 Å². The minimum atomic E-state index is 0.925. The van der Waals surface area contributed by atoms with Crippen LogP contribution in [0, 0.1) is 0 Å². The van der Waals surface area contributed by atoms with Crippen LogP contribution in [0.3, 0.4) is 0 Å². The summed E-state index contributed by atoms with van der Waals surface area (Å²) in [5, 5.41) is 3.59. The Balaban J connectivity index is 1.41. The second-order valence-electron chi connectivity index (χ2n) is 9.70. The summed E-state index contributed by atoms with van der Waals surface area (Å²) in [4.78, 5) is 14.3. The molecule has 0 radical (unpaired) electrons. The third kappa shape index (κ3) is 2.15. The molecule has 7 aromatic rings. The molecule has 162 valence electrons. The molecule has 2 aliphatic carbocycles. The molecule has 0 bridgehead atoms. The molecule has 3 aromatic carbocycles. The SMILES string of the molecule is c1ccc2c(c1)Cc1cc3c(cc1-2)-c1ccc2c4cccnc4n4c5cnccc5nc4c2c1C3. The van der Waals surface area contributed by atoms with Gasteiger partial charge in [0, 0.05) is 23.2 Å². The van der Waals surface area contributed by atoms with E-state index in [1.807, 2.05) is 30.7 Å². The first-order chi connectivity index (χ1) is 17.3. The van der Waals surface area contributed by atoms with E-state index >= 15 is 0 Å². The molecule has 0 amide bonds.